The molecule has 3 aromatic rings. The number of carbonyl (C=O) groups is 1. The second kappa shape index (κ2) is 7.79. The van der Waals surface area contributed by atoms with Crippen LogP contribution < -0.4 is 5.32 Å². The lowest BCUT2D eigenvalue weighted by molar-refractivity contribution is -0.116. The molecule has 1 heterocycles. The van der Waals surface area contributed by atoms with Gasteiger partial charge in [0.15, 0.2) is 4.34 Å². The topological polar surface area (TPSA) is 45.2 Å². The lowest BCUT2D eigenvalue weighted by Crippen LogP contribution is -2.26. The fourth-order valence-electron chi connectivity index (χ4n) is 2.25. The van der Waals surface area contributed by atoms with Crippen LogP contribution in [-0.4, -0.2) is 36.4 Å². The molecule has 1 aromatic heterocycles. The van der Waals surface area contributed by atoms with Crippen LogP contribution in [0.2, 0.25) is 0 Å². The van der Waals surface area contributed by atoms with E-state index in [9.17, 15) is 4.79 Å². The van der Waals surface area contributed by atoms with E-state index in [-0.39, 0.29) is 5.91 Å². The van der Waals surface area contributed by atoms with Gasteiger partial charge in [-0.25, -0.2) is 4.98 Å². The molecule has 0 saturated carbocycles. The largest absolute Gasteiger partial charge is 0.325 e. The van der Waals surface area contributed by atoms with Crippen molar-refractivity contribution in [1.29, 1.82) is 0 Å². The summed E-state index contributed by atoms with van der Waals surface area (Å²) in [4.78, 5) is 18.4. The molecular weight excluding hydrogens is 338 g/mol. The van der Waals surface area contributed by atoms with E-state index in [2.05, 4.69) is 34.6 Å². The number of carbonyl (C=O) groups excluding carboxylic acids is 1. The summed E-state index contributed by atoms with van der Waals surface area (Å²) in [5.41, 5.74) is 3.08. The zero-order valence-corrected chi connectivity index (χ0v) is 15.3. The zero-order chi connectivity index (χ0) is 16.9. The first-order valence-electron chi connectivity index (χ1n) is 7.62. The molecule has 0 aliphatic carbocycles. The van der Waals surface area contributed by atoms with E-state index in [0.717, 1.165) is 26.0 Å². The fraction of sp³-hybridized carbons (Fsp3) is 0.222. The van der Waals surface area contributed by atoms with Crippen LogP contribution in [0.1, 0.15) is 5.56 Å². The molecule has 24 heavy (non-hydrogen) atoms. The van der Waals surface area contributed by atoms with Gasteiger partial charge in [-0.1, -0.05) is 42.1 Å². The Morgan fingerprint density at radius 2 is 2.00 bits per heavy atom. The second-order valence-electron chi connectivity index (χ2n) is 5.72. The van der Waals surface area contributed by atoms with E-state index in [4.69, 9.17) is 0 Å². The molecule has 0 aliphatic rings. The molecule has 1 amide bonds. The average molecular weight is 358 g/mol. The van der Waals surface area contributed by atoms with E-state index >= 15 is 0 Å². The van der Waals surface area contributed by atoms with E-state index in [1.165, 1.54) is 5.56 Å². The maximum atomic E-state index is 11.9. The number of hydrogen-bond donors (Lipinski definition) is 1. The Balaban J connectivity index is 1.68. The van der Waals surface area contributed by atoms with Crippen LogP contribution in [-0.2, 0) is 10.5 Å². The Bertz CT molecular complexity index is 831. The minimum atomic E-state index is -0.0115. The number of nitrogens with one attached hydrogen (secondary N) is 1. The number of thiazole rings is 1. The minimum absolute atomic E-state index is 0.0115. The van der Waals surface area contributed by atoms with Crippen molar-refractivity contribution in [3.05, 3.63) is 54.1 Å². The van der Waals surface area contributed by atoms with Crippen LogP contribution >= 0.6 is 23.1 Å². The third kappa shape index (κ3) is 4.56. The number of likely N-dealkylation sites (N-methyl/N-ethyl adjacent to an activating group) is 1. The van der Waals surface area contributed by atoms with E-state index in [0.29, 0.717) is 6.54 Å². The van der Waals surface area contributed by atoms with Crippen molar-refractivity contribution >= 4 is 44.9 Å². The zero-order valence-electron chi connectivity index (χ0n) is 13.7. The number of rotatable bonds is 6. The molecule has 6 heteroatoms. The number of anilines is 1. The highest BCUT2D eigenvalue weighted by molar-refractivity contribution is 8.00. The van der Waals surface area contributed by atoms with E-state index in [1.807, 2.05) is 43.3 Å². The van der Waals surface area contributed by atoms with Gasteiger partial charge in [-0.15, -0.1) is 11.3 Å². The van der Waals surface area contributed by atoms with Crippen LogP contribution in [0.25, 0.3) is 10.2 Å². The summed E-state index contributed by atoms with van der Waals surface area (Å²) < 4.78 is 2.14. The Labute approximate surface area is 149 Å². The summed E-state index contributed by atoms with van der Waals surface area (Å²) in [6.45, 7) is 0.374. The van der Waals surface area contributed by atoms with Crippen LogP contribution in [0, 0.1) is 0 Å². The molecule has 3 rings (SSSR count). The molecule has 1 N–H and O–H groups in total. The Morgan fingerprint density at radius 3 is 2.75 bits per heavy atom. The number of hydrogen-bond acceptors (Lipinski definition) is 5. The molecule has 0 radical (unpaired) electrons. The third-order valence-corrected chi connectivity index (χ3v) is 5.55. The van der Waals surface area contributed by atoms with E-state index in [1.54, 1.807) is 23.1 Å². The molecule has 0 saturated heterocycles. The van der Waals surface area contributed by atoms with Gasteiger partial charge in [0, 0.05) is 11.4 Å². The standard InChI is InChI=1S/C18H19N3OS2/c1-21(2)11-17(22)19-14-8-9-15-16(10-14)24-18(20-15)23-12-13-6-4-3-5-7-13/h3-10H,11-12H2,1-2H3,(H,19,22). The Hall–Kier alpha value is -1.89. The van der Waals surface area contributed by atoms with Gasteiger partial charge in [0.2, 0.25) is 5.91 Å². The van der Waals surface area contributed by atoms with Crippen LogP contribution in [0.3, 0.4) is 0 Å². The fourth-order valence-corrected chi connectivity index (χ4v) is 4.31. The van der Waals surface area contributed by atoms with Gasteiger partial charge >= 0.3 is 0 Å². The van der Waals surface area contributed by atoms with Crippen molar-refractivity contribution in [2.45, 2.75) is 10.1 Å². The van der Waals surface area contributed by atoms with Crippen LogP contribution in [0.5, 0.6) is 0 Å². The molecule has 0 atom stereocenters. The number of thioether (sulfide) groups is 1. The van der Waals surface area contributed by atoms with Crippen LogP contribution in [0.15, 0.2) is 52.9 Å². The molecule has 0 aliphatic heterocycles. The highest BCUT2D eigenvalue weighted by Gasteiger charge is 2.08. The highest BCUT2D eigenvalue weighted by Crippen LogP contribution is 2.32. The monoisotopic (exact) mass is 357 g/mol. The summed E-state index contributed by atoms with van der Waals surface area (Å²) in [5.74, 6) is 0.898. The van der Waals surface area contributed by atoms with Gasteiger partial charge in [-0.05, 0) is 37.9 Å². The van der Waals surface area contributed by atoms with Crippen LogP contribution in [0.4, 0.5) is 5.69 Å². The smallest absolute Gasteiger partial charge is 0.238 e. The summed E-state index contributed by atoms with van der Waals surface area (Å²) in [7, 11) is 3.75. The molecule has 0 fully saturated rings. The van der Waals surface area contributed by atoms with Crippen molar-refractivity contribution in [2.75, 3.05) is 26.0 Å². The minimum Gasteiger partial charge on any atom is -0.325 e. The van der Waals surface area contributed by atoms with Crippen molar-refractivity contribution < 1.29 is 4.79 Å². The maximum Gasteiger partial charge on any atom is 0.238 e. The lowest BCUT2D eigenvalue weighted by atomic mass is 10.2. The number of amides is 1. The molecule has 4 nitrogen and oxygen atoms in total. The van der Waals surface area contributed by atoms with Gasteiger partial charge < -0.3 is 10.2 Å². The van der Waals surface area contributed by atoms with Gasteiger partial charge in [0.05, 0.1) is 16.8 Å². The van der Waals surface area contributed by atoms with Gasteiger partial charge in [-0.3, -0.25) is 4.79 Å². The molecule has 0 spiro atoms. The van der Waals surface area contributed by atoms with Crippen molar-refractivity contribution in [3.63, 3.8) is 0 Å². The summed E-state index contributed by atoms with van der Waals surface area (Å²) in [6, 6.07) is 16.2. The SMILES string of the molecule is CN(C)CC(=O)Nc1ccc2nc(SCc3ccccc3)sc2c1. The first-order chi connectivity index (χ1) is 11.6. The van der Waals surface area contributed by atoms with Crippen molar-refractivity contribution in [2.24, 2.45) is 0 Å². The molecule has 124 valence electrons. The number of nitrogens with zero attached hydrogens (tertiary/aromatic N) is 2. The average Bonchev–Trinajstić information content (AvgIpc) is 2.95. The first-order valence-corrected chi connectivity index (χ1v) is 9.42. The van der Waals surface area contributed by atoms with Gasteiger partial charge in [0.25, 0.3) is 0 Å². The van der Waals surface area contributed by atoms with E-state index < -0.39 is 0 Å². The Kier molecular flexibility index (Phi) is 5.50. The molecule has 0 bridgehead atoms. The predicted molar refractivity (Wildman–Crippen MR) is 103 cm³/mol. The normalized spacial score (nSPS) is 11.1. The number of fused-ring (bicyclic) bond motifs is 1. The summed E-state index contributed by atoms with van der Waals surface area (Å²) in [6.07, 6.45) is 0. The number of benzene rings is 2. The molecule has 0 unspecified atom stereocenters. The maximum absolute atomic E-state index is 11.9. The molecule has 2 aromatic carbocycles. The predicted octanol–water partition coefficient (Wildman–Crippen LogP) is 4.09. The second-order valence-corrected chi connectivity index (χ2v) is 7.98. The van der Waals surface area contributed by atoms with Gasteiger partial charge in [0.1, 0.15) is 0 Å². The Morgan fingerprint density at radius 1 is 1.21 bits per heavy atom. The molecular formula is C18H19N3OS2. The van der Waals surface area contributed by atoms with Crippen molar-refractivity contribution in [1.82, 2.24) is 9.88 Å². The highest BCUT2D eigenvalue weighted by atomic mass is 32.2. The summed E-state index contributed by atoms with van der Waals surface area (Å²) >= 11 is 3.40. The third-order valence-electron chi connectivity index (χ3n) is 3.32. The first kappa shape index (κ1) is 17.0. The number of aromatic nitrogens is 1. The van der Waals surface area contributed by atoms with Crippen molar-refractivity contribution in [3.8, 4) is 0 Å². The van der Waals surface area contributed by atoms with Gasteiger partial charge in [-0.2, -0.15) is 0 Å². The quantitative estimate of drug-likeness (QED) is 0.675. The lowest BCUT2D eigenvalue weighted by Gasteiger charge is -2.09. The summed E-state index contributed by atoms with van der Waals surface area (Å²) in [5, 5.41) is 2.92.